The minimum atomic E-state index is -0.860. The highest BCUT2D eigenvalue weighted by Crippen LogP contribution is 2.28. The number of hydrazine groups is 1. The van der Waals surface area contributed by atoms with Crippen molar-refractivity contribution in [1.29, 1.82) is 0 Å². The lowest BCUT2D eigenvalue weighted by atomic mass is 10.1. The molecule has 9 heteroatoms. The Labute approximate surface area is 188 Å². The molecule has 0 aliphatic heterocycles. The molecule has 0 fully saturated rings. The topological polar surface area (TPSA) is 96.5 Å². The van der Waals surface area contributed by atoms with Gasteiger partial charge in [0.15, 0.2) is 6.10 Å². The standard InChI is InChI=1S/C21H23BrClN3O4/c1-12(2)10-19(27)24-16-7-4-14(5-8-16)21(29)26-25-20(28)13(3)30-18-9-6-15(23)11-17(18)22/h4-9,11-13H,10H2,1-3H3,(H,24,27)(H,25,28)(H,26,29). The predicted octanol–water partition coefficient (Wildman–Crippen LogP) is 4.32. The van der Waals surface area contributed by atoms with E-state index in [1.807, 2.05) is 13.8 Å². The number of nitrogens with one attached hydrogen (secondary N) is 3. The van der Waals surface area contributed by atoms with Crippen molar-refractivity contribution in [3.63, 3.8) is 0 Å². The third kappa shape index (κ3) is 7.35. The molecule has 3 amide bonds. The summed E-state index contributed by atoms with van der Waals surface area (Å²) in [5.74, 6) is -0.406. The van der Waals surface area contributed by atoms with Crippen LogP contribution in [0.1, 0.15) is 37.6 Å². The molecule has 0 aromatic heterocycles. The first-order valence-corrected chi connectivity index (χ1v) is 10.4. The Bertz CT molecular complexity index is 919. The van der Waals surface area contributed by atoms with Crippen LogP contribution in [-0.4, -0.2) is 23.8 Å². The van der Waals surface area contributed by atoms with E-state index in [0.717, 1.165) is 0 Å². The van der Waals surface area contributed by atoms with Crippen LogP contribution in [0.2, 0.25) is 5.02 Å². The summed E-state index contributed by atoms with van der Waals surface area (Å²) >= 11 is 9.19. The molecule has 160 valence electrons. The van der Waals surface area contributed by atoms with E-state index in [4.69, 9.17) is 16.3 Å². The minimum Gasteiger partial charge on any atom is -0.480 e. The molecule has 1 atom stereocenters. The van der Waals surface area contributed by atoms with Gasteiger partial charge in [-0.1, -0.05) is 25.4 Å². The molecule has 0 saturated heterocycles. The lowest BCUT2D eigenvalue weighted by Gasteiger charge is -2.16. The summed E-state index contributed by atoms with van der Waals surface area (Å²) in [5.41, 5.74) is 5.58. The second kappa shape index (κ2) is 11.0. The van der Waals surface area contributed by atoms with Crippen molar-refractivity contribution < 1.29 is 19.1 Å². The van der Waals surface area contributed by atoms with Gasteiger partial charge in [0.25, 0.3) is 11.8 Å². The zero-order valence-electron chi connectivity index (χ0n) is 16.8. The lowest BCUT2D eigenvalue weighted by Crippen LogP contribution is -2.47. The number of halogens is 2. The SMILES string of the molecule is CC(C)CC(=O)Nc1ccc(C(=O)NNC(=O)C(C)Oc2ccc(Cl)cc2Br)cc1. The molecule has 30 heavy (non-hydrogen) atoms. The second-order valence-corrected chi connectivity index (χ2v) is 8.29. The van der Waals surface area contributed by atoms with E-state index < -0.39 is 17.9 Å². The van der Waals surface area contributed by atoms with Crippen molar-refractivity contribution in [3.8, 4) is 5.75 Å². The Hall–Kier alpha value is -2.58. The van der Waals surface area contributed by atoms with Gasteiger partial charge in [-0.25, -0.2) is 0 Å². The van der Waals surface area contributed by atoms with Gasteiger partial charge >= 0.3 is 0 Å². The van der Waals surface area contributed by atoms with Gasteiger partial charge in [-0.3, -0.25) is 25.2 Å². The van der Waals surface area contributed by atoms with Gasteiger partial charge in [-0.15, -0.1) is 0 Å². The number of rotatable bonds is 7. The van der Waals surface area contributed by atoms with Gasteiger partial charge in [0, 0.05) is 22.7 Å². The van der Waals surface area contributed by atoms with Crippen molar-refractivity contribution in [2.75, 3.05) is 5.32 Å². The van der Waals surface area contributed by atoms with Crippen LogP contribution in [0.4, 0.5) is 5.69 Å². The maximum Gasteiger partial charge on any atom is 0.279 e. The van der Waals surface area contributed by atoms with E-state index in [1.54, 1.807) is 49.4 Å². The lowest BCUT2D eigenvalue weighted by molar-refractivity contribution is -0.128. The van der Waals surface area contributed by atoms with Crippen LogP contribution in [0.5, 0.6) is 5.75 Å². The number of hydrogen-bond donors (Lipinski definition) is 3. The molecular weight excluding hydrogens is 474 g/mol. The van der Waals surface area contributed by atoms with Crippen LogP contribution in [0.15, 0.2) is 46.9 Å². The summed E-state index contributed by atoms with van der Waals surface area (Å²) in [4.78, 5) is 36.2. The number of carbonyl (C=O) groups is 3. The van der Waals surface area contributed by atoms with Crippen LogP contribution in [-0.2, 0) is 9.59 Å². The molecule has 2 aromatic carbocycles. The van der Waals surface area contributed by atoms with Crippen molar-refractivity contribution in [1.82, 2.24) is 10.9 Å². The fourth-order valence-corrected chi connectivity index (χ4v) is 3.17. The quantitative estimate of drug-likeness (QED) is 0.498. The Balaban J connectivity index is 1.85. The molecule has 0 aliphatic rings. The van der Waals surface area contributed by atoms with Crippen LogP contribution < -0.4 is 20.9 Å². The molecule has 2 rings (SSSR count). The molecule has 0 heterocycles. The first kappa shape index (κ1) is 23.7. The number of amides is 3. The normalized spacial score (nSPS) is 11.5. The first-order chi connectivity index (χ1) is 14.2. The van der Waals surface area contributed by atoms with E-state index in [-0.39, 0.29) is 11.8 Å². The van der Waals surface area contributed by atoms with Crippen molar-refractivity contribution in [2.24, 2.45) is 5.92 Å². The van der Waals surface area contributed by atoms with Gasteiger partial charge in [0.1, 0.15) is 5.75 Å². The third-order valence-electron chi connectivity index (χ3n) is 3.89. The van der Waals surface area contributed by atoms with Crippen LogP contribution in [0, 0.1) is 5.92 Å². The Morgan fingerprint density at radius 3 is 2.30 bits per heavy atom. The summed E-state index contributed by atoms with van der Waals surface area (Å²) < 4.78 is 6.18. The van der Waals surface area contributed by atoms with E-state index in [0.29, 0.717) is 32.9 Å². The first-order valence-electron chi connectivity index (χ1n) is 9.27. The average molecular weight is 497 g/mol. The highest BCUT2D eigenvalue weighted by Gasteiger charge is 2.17. The fourth-order valence-electron chi connectivity index (χ4n) is 2.39. The number of carbonyl (C=O) groups excluding carboxylic acids is 3. The van der Waals surface area contributed by atoms with Gasteiger partial charge in [-0.2, -0.15) is 0 Å². The molecule has 2 aromatic rings. The molecule has 0 aliphatic carbocycles. The number of anilines is 1. The van der Waals surface area contributed by atoms with Gasteiger partial charge in [-0.05, 0) is 71.2 Å². The molecule has 1 unspecified atom stereocenters. The van der Waals surface area contributed by atoms with Crippen molar-refractivity contribution in [3.05, 3.63) is 57.5 Å². The number of benzene rings is 2. The summed E-state index contributed by atoms with van der Waals surface area (Å²) in [5, 5.41) is 3.30. The molecule has 0 bridgehead atoms. The van der Waals surface area contributed by atoms with Crippen molar-refractivity contribution >= 4 is 50.9 Å². The molecule has 0 spiro atoms. The molecule has 7 nitrogen and oxygen atoms in total. The van der Waals surface area contributed by atoms with Crippen LogP contribution >= 0.6 is 27.5 Å². The maximum absolute atomic E-state index is 12.2. The van der Waals surface area contributed by atoms with E-state index in [9.17, 15) is 14.4 Å². The van der Waals surface area contributed by atoms with E-state index >= 15 is 0 Å². The van der Waals surface area contributed by atoms with Gasteiger partial charge in [0.05, 0.1) is 4.47 Å². The molecular formula is C21H23BrClN3O4. The Morgan fingerprint density at radius 1 is 1.03 bits per heavy atom. The second-order valence-electron chi connectivity index (χ2n) is 7.00. The van der Waals surface area contributed by atoms with E-state index in [2.05, 4.69) is 32.1 Å². The smallest absolute Gasteiger partial charge is 0.279 e. The highest BCUT2D eigenvalue weighted by molar-refractivity contribution is 9.10. The van der Waals surface area contributed by atoms with Crippen LogP contribution in [0.25, 0.3) is 0 Å². The molecule has 0 saturated carbocycles. The Kier molecular flexibility index (Phi) is 8.68. The summed E-state index contributed by atoms with van der Waals surface area (Å²) in [7, 11) is 0. The average Bonchev–Trinajstić information content (AvgIpc) is 2.67. The highest BCUT2D eigenvalue weighted by atomic mass is 79.9. The monoisotopic (exact) mass is 495 g/mol. The third-order valence-corrected chi connectivity index (χ3v) is 4.75. The Morgan fingerprint density at radius 2 is 1.70 bits per heavy atom. The molecule has 0 radical (unpaired) electrons. The zero-order valence-corrected chi connectivity index (χ0v) is 19.1. The maximum atomic E-state index is 12.2. The summed E-state index contributed by atoms with van der Waals surface area (Å²) in [6.07, 6.45) is -0.442. The molecule has 3 N–H and O–H groups in total. The fraction of sp³-hybridized carbons (Fsp3) is 0.286. The largest absolute Gasteiger partial charge is 0.480 e. The van der Waals surface area contributed by atoms with Gasteiger partial charge in [0.2, 0.25) is 5.91 Å². The predicted molar refractivity (Wildman–Crippen MR) is 119 cm³/mol. The van der Waals surface area contributed by atoms with Gasteiger partial charge < -0.3 is 10.1 Å². The van der Waals surface area contributed by atoms with Crippen molar-refractivity contribution in [2.45, 2.75) is 33.3 Å². The number of hydrogen-bond acceptors (Lipinski definition) is 4. The number of ether oxygens (including phenoxy) is 1. The summed E-state index contributed by atoms with van der Waals surface area (Å²) in [6.45, 7) is 5.47. The minimum absolute atomic E-state index is 0.0872. The zero-order chi connectivity index (χ0) is 22.3. The summed E-state index contributed by atoms with van der Waals surface area (Å²) in [6, 6.07) is 11.3. The van der Waals surface area contributed by atoms with Crippen LogP contribution in [0.3, 0.4) is 0 Å². The van der Waals surface area contributed by atoms with E-state index in [1.165, 1.54) is 0 Å².